The smallest absolute Gasteiger partial charge is 0.211 e. The van der Waals surface area contributed by atoms with Crippen molar-refractivity contribution in [2.24, 2.45) is 16.1 Å². The number of aliphatic imine (C=N–C) groups is 1. The molecule has 2 N–H and O–H groups in total. The first-order valence-electron chi connectivity index (χ1n) is 12.6. The van der Waals surface area contributed by atoms with Crippen molar-refractivity contribution in [3.05, 3.63) is 108 Å². The van der Waals surface area contributed by atoms with Gasteiger partial charge in [0.1, 0.15) is 11.6 Å². The van der Waals surface area contributed by atoms with E-state index in [0.717, 1.165) is 22.5 Å². The predicted molar refractivity (Wildman–Crippen MR) is 151 cm³/mol. The molecule has 1 atom stereocenters. The first-order valence-corrected chi connectivity index (χ1v) is 13.3. The predicted octanol–water partition coefficient (Wildman–Crippen LogP) is 5.23. The van der Waals surface area contributed by atoms with Gasteiger partial charge in [-0.2, -0.15) is 4.41 Å². The number of hydrogen-bond donors (Lipinski definition) is 1. The fraction of sp³-hybridized carbons (Fsp3) is 0.241. The van der Waals surface area contributed by atoms with Crippen molar-refractivity contribution in [2.45, 2.75) is 19.8 Å². The highest BCUT2D eigenvalue weighted by atomic mass is 32.2. The fourth-order valence-corrected chi connectivity index (χ4v) is 5.45. The number of rotatable bonds is 7. The van der Waals surface area contributed by atoms with E-state index in [-0.39, 0.29) is 17.4 Å². The molecule has 1 aliphatic carbocycles. The minimum atomic E-state index is -0.940. The van der Waals surface area contributed by atoms with E-state index in [1.165, 1.54) is 30.6 Å². The number of hydrogen-bond acceptors (Lipinski definition) is 9. The van der Waals surface area contributed by atoms with Gasteiger partial charge in [0, 0.05) is 32.5 Å². The van der Waals surface area contributed by atoms with Crippen LogP contribution in [0.3, 0.4) is 0 Å². The lowest BCUT2D eigenvalue weighted by molar-refractivity contribution is 0.0223. The van der Waals surface area contributed by atoms with Gasteiger partial charge in [-0.25, -0.2) is 24.4 Å². The summed E-state index contributed by atoms with van der Waals surface area (Å²) in [7, 11) is 1.91. The summed E-state index contributed by atoms with van der Waals surface area (Å²) in [6.45, 7) is 3.07. The lowest BCUT2D eigenvalue weighted by Crippen LogP contribution is -2.54. The summed E-state index contributed by atoms with van der Waals surface area (Å²) in [5.74, 6) is 0.411. The van der Waals surface area contributed by atoms with Crippen LogP contribution in [0.25, 0.3) is 0 Å². The Hall–Kier alpha value is -3.86. The summed E-state index contributed by atoms with van der Waals surface area (Å²) in [6, 6.07) is 15.5. The van der Waals surface area contributed by atoms with Gasteiger partial charge >= 0.3 is 0 Å². The molecule has 8 nitrogen and oxygen atoms in total. The van der Waals surface area contributed by atoms with E-state index < -0.39 is 5.41 Å². The molecule has 2 heterocycles. The number of fused-ring (bicyclic) bond motifs is 1. The van der Waals surface area contributed by atoms with Crippen LogP contribution in [0.5, 0.6) is 5.75 Å². The molecular weight excluding hydrogens is 515 g/mol. The van der Waals surface area contributed by atoms with Crippen molar-refractivity contribution in [3.8, 4) is 5.75 Å². The van der Waals surface area contributed by atoms with Crippen molar-refractivity contribution >= 4 is 29.4 Å². The van der Waals surface area contributed by atoms with Crippen LogP contribution in [0.4, 0.5) is 10.1 Å². The van der Waals surface area contributed by atoms with E-state index in [9.17, 15) is 9.18 Å². The maximum absolute atomic E-state index is 14.1. The number of aryl methyl sites for hydroxylation is 1. The highest BCUT2D eigenvalue weighted by Crippen LogP contribution is 2.47. The first-order chi connectivity index (χ1) is 18.9. The van der Waals surface area contributed by atoms with E-state index in [0.29, 0.717) is 37.3 Å². The minimum absolute atomic E-state index is 0.159. The summed E-state index contributed by atoms with van der Waals surface area (Å²) in [5.41, 5.74) is 9.19. The molecule has 1 unspecified atom stereocenters. The van der Waals surface area contributed by atoms with Crippen molar-refractivity contribution in [1.82, 2.24) is 19.4 Å². The van der Waals surface area contributed by atoms with Gasteiger partial charge in [-0.15, -0.1) is 0 Å². The van der Waals surface area contributed by atoms with Crippen LogP contribution in [-0.4, -0.2) is 51.0 Å². The number of Topliss-reactive ketones (excluding diaryl/α,β-unsaturated/α-hetero) is 1. The Morgan fingerprint density at radius 1 is 1.21 bits per heavy atom. The van der Waals surface area contributed by atoms with E-state index in [1.54, 1.807) is 30.6 Å². The summed E-state index contributed by atoms with van der Waals surface area (Å²) in [4.78, 5) is 27.4. The SMILES string of the molecule is Cc1cccc(OSN(C)N2CCC3=CC(=Nc4ccc(F)cc4)C(=CN)CC3(C(=O)c3ncccn3)C2)c1. The number of ketones is 1. The van der Waals surface area contributed by atoms with Crippen LogP contribution in [-0.2, 0) is 0 Å². The zero-order valence-corrected chi connectivity index (χ0v) is 22.6. The molecule has 5 rings (SSSR count). The highest BCUT2D eigenvalue weighted by Gasteiger charge is 2.50. The molecule has 1 aliphatic heterocycles. The summed E-state index contributed by atoms with van der Waals surface area (Å²) >= 11 is 1.20. The Labute approximate surface area is 231 Å². The molecule has 0 radical (unpaired) electrons. The van der Waals surface area contributed by atoms with Gasteiger partial charge in [-0.3, -0.25) is 4.79 Å². The second-order valence-corrected chi connectivity index (χ2v) is 10.4. The average molecular weight is 545 g/mol. The van der Waals surface area contributed by atoms with Crippen LogP contribution < -0.4 is 9.92 Å². The van der Waals surface area contributed by atoms with E-state index in [1.807, 2.05) is 48.7 Å². The Kier molecular flexibility index (Phi) is 7.87. The number of halogens is 1. The molecule has 2 aliphatic rings. The molecule has 1 aromatic heterocycles. The number of benzene rings is 2. The Bertz CT molecular complexity index is 1440. The second kappa shape index (κ2) is 11.5. The Morgan fingerprint density at radius 2 is 1.97 bits per heavy atom. The third-order valence-corrected chi connectivity index (χ3v) is 7.66. The average Bonchev–Trinajstić information content (AvgIpc) is 2.96. The highest BCUT2D eigenvalue weighted by molar-refractivity contribution is 7.92. The van der Waals surface area contributed by atoms with Crippen LogP contribution in [0.15, 0.2) is 95.4 Å². The number of allylic oxidation sites excluding steroid dienone is 2. The van der Waals surface area contributed by atoms with Crippen molar-refractivity contribution in [3.63, 3.8) is 0 Å². The first kappa shape index (κ1) is 26.7. The third-order valence-electron chi connectivity index (χ3n) is 6.95. The third kappa shape index (κ3) is 5.78. The number of nitrogens with zero attached hydrogens (tertiary/aromatic N) is 5. The maximum Gasteiger partial charge on any atom is 0.211 e. The van der Waals surface area contributed by atoms with Gasteiger partial charge < -0.3 is 9.92 Å². The second-order valence-electron chi connectivity index (χ2n) is 9.57. The van der Waals surface area contributed by atoms with E-state index in [2.05, 4.69) is 15.0 Å². The molecule has 0 amide bonds. The largest absolute Gasteiger partial charge is 0.409 e. The molecule has 0 saturated carbocycles. The molecule has 2 aromatic carbocycles. The van der Waals surface area contributed by atoms with Gasteiger partial charge in [-0.1, -0.05) is 17.7 Å². The number of nitrogens with two attached hydrogens (primary N) is 1. The molecule has 3 aromatic rings. The summed E-state index contributed by atoms with van der Waals surface area (Å²) in [5, 5.41) is 2.09. The number of piperidine rings is 1. The quantitative estimate of drug-likeness (QED) is 0.245. The lowest BCUT2D eigenvalue weighted by Gasteiger charge is -2.47. The molecule has 1 fully saturated rings. The van der Waals surface area contributed by atoms with Crippen LogP contribution in [0.1, 0.15) is 29.0 Å². The van der Waals surface area contributed by atoms with Gasteiger partial charge in [0.2, 0.25) is 5.78 Å². The fourth-order valence-electron chi connectivity index (χ4n) is 4.92. The normalized spacial score (nSPS) is 21.6. The monoisotopic (exact) mass is 544 g/mol. The van der Waals surface area contributed by atoms with Gasteiger partial charge in [0.05, 0.1) is 16.8 Å². The van der Waals surface area contributed by atoms with Crippen molar-refractivity contribution < 1.29 is 13.4 Å². The molecule has 39 heavy (non-hydrogen) atoms. The molecule has 200 valence electrons. The summed E-state index contributed by atoms with van der Waals surface area (Å²) in [6.07, 6.45) is 7.54. The minimum Gasteiger partial charge on any atom is -0.409 e. The molecule has 0 spiro atoms. The van der Waals surface area contributed by atoms with E-state index >= 15 is 0 Å². The van der Waals surface area contributed by atoms with Crippen LogP contribution in [0, 0.1) is 18.2 Å². The van der Waals surface area contributed by atoms with Gasteiger partial charge in [0.15, 0.2) is 18.1 Å². The number of aromatic nitrogens is 2. The van der Waals surface area contributed by atoms with Crippen LogP contribution in [0.2, 0.25) is 0 Å². The topological polar surface area (TPSA) is 96.9 Å². The Balaban J connectivity index is 1.47. The maximum atomic E-state index is 14.1. The molecule has 1 saturated heterocycles. The Morgan fingerprint density at radius 3 is 2.69 bits per heavy atom. The number of carbonyl (C=O) groups is 1. The molecular formula is C29H29FN6O2S. The van der Waals surface area contributed by atoms with Gasteiger partial charge in [0.25, 0.3) is 0 Å². The lowest BCUT2D eigenvalue weighted by atomic mass is 9.64. The zero-order chi connectivity index (χ0) is 27.4. The number of hydrazine groups is 1. The van der Waals surface area contributed by atoms with Crippen molar-refractivity contribution in [2.75, 3.05) is 20.1 Å². The zero-order valence-electron chi connectivity index (χ0n) is 21.8. The molecule has 10 heteroatoms. The van der Waals surface area contributed by atoms with Crippen LogP contribution >= 0.6 is 12.2 Å². The van der Waals surface area contributed by atoms with E-state index in [4.69, 9.17) is 14.9 Å². The summed E-state index contributed by atoms with van der Waals surface area (Å²) < 4.78 is 21.3. The number of carbonyl (C=O) groups excluding carboxylic acids is 1. The van der Waals surface area contributed by atoms with Gasteiger partial charge in [-0.05, 0) is 85.6 Å². The molecule has 0 bridgehead atoms. The standard InChI is InChI=1S/C29H29FN6O2S/c1-20-5-3-6-25(15-20)38-39-35(2)36-14-11-22-16-26(34-24-9-7-23(30)8-10-24)21(18-31)17-29(22,19-36)27(37)28-32-12-4-13-33-28/h3-10,12-13,15-16,18H,11,14,17,19,31H2,1-2H3. The van der Waals surface area contributed by atoms with Crippen molar-refractivity contribution in [1.29, 1.82) is 0 Å².